The molecule has 0 saturated heterocycles. The molecule has 0 saturated carbocycles. The fraction of sp³-hybridized carbons (Fsp3) is 0.550. The van der Waals surface area contributed by atoms with Crippen LogP contribution in [0.15, 0.2) is 18.2 Å². The molecule has 144 valence electrons. The average molecular weight is 399 g/mol. The van der Waals surface area contributed by atoms with E-state index in [9.17, 15) is 5.11 Å². The van der Waals surface area contributed by atoms with Crippen LogP contribution in [0.25, 0.3) is 10.9 Å². The Morgan fingerprint density at radius 3 is 2.35 bits per heavy atom. The average Bonchev–Trinajstić information content (AvgIpc) is 2.63. The molecule has 0 aliphatic rings. The Labute approximate surface area is 166 Å². The molecule has 1 aromatic heterocycles. The van der Waals surface area contributed by atoms with Crippen LogP contribution in [0.1, 0.15) is 51.3 Å². The van der Waals surface area contributed by atoms with E-state index in [0.29, 0.717) is 33.6 Å². The van der Waals surface area contributed by atoms with Gasteiger partial charge in [-0.2, -0.15) is 0 Å². The zero-order chi connectivity index (χ0) is 19.1. The topological polar surface area (TPSA) is 45.6 Å². The number of nitrogens with zero attached hydrogens (tertiary/aromatic N) is 2. The Morgan fingerprint density at radius 2 is 1.77 bits per heavy atom. The van der Waals surface area contributed by atoms with Crippen LogP contribution in [0, 0.1) is 0 Å². The van der Waals surface area contributed by atoms with E-state index in [1.165, 1.54) is 0 Å². The monoisotopic (exact) mass is 398 g/mol. The smallest absolute Gasteiger partial charge is 0.130 e. The van der Waals surface area contributed by atoms with Crippen molar-refractivity contribution in [3.05, 3.63) is 33.9 Å². The molecule has 1 N–H and O–H groups in total. The van der Waals surface area contributed by atoms with Gasteiger partial charge < -0.3 is 14.7 Å². The third-order valence-electron chi connectivity index (χ3n) is 4.46. The summed E-state index contributed by atoms with van der Waals surface area (Å²) in [5, 5.41) is 12.5. The van der Waals surface area contributed by atoms with Crippen LogP contribution < -0.4 is 4.74 Å². The summed E-state index contributed by atoms with van der Waals surface area (Å²) in [5.74, 6) is 0.613. The summed E-state index contributed by atoms with van der Waals surface area (Å²) in [6.45, 7) is 6.87. The van der Waals surface area contributed by atoms with Crippen molar-refractivity contribution in [2.75, 3.05) is 26.7 Å². The molecule has 0 aliphatic heterocycles. The SMILES string of the molecule is CCCCN(CCCC)C[C@H](O)c1cc(OC)c2cc(Cl)cc(Cl)c2n1. The quantitative estimate of drug-likeness (QED) is 0.574. The van der Waals surface area contributed by atoms with E-state index in [2.05, 4.69) is 23.7 Å². The van der Waals surface area contributed by atoms with Crippen molar-refractivity contribution in [1.82, 2.24) is 9.88 Å². The zero-order valence-corrected chi connectivity index (χ0v) is 17.3. The van der Waals surface area contributed by atoms with Gasteiger partial charge in [-0.25, -0.2) is 4.98 Å². The van der Waals surface area contributed by atoms with E-state index >= 15 is 0 Å². The molecular weight excluding hydrogens is 371 g/mol. The van der Waals surface area contributed by atoms with E-state index in [0.717, 1.165) is 44.2 Å². The van der Waals surface area contributed by atoms with Gasteiger partial charge in [0.05, 0.1) is 23.3 Å². The lowest BCUT2D eigenvalue weighted by Crippen LogP contribution is -2.31. The number of aliphatic hydroxyl groups is 1. The molecule has 4 nitrogen and oxygen atoms in total. The third kappa shape index (κ3) is 5.46. The van der Waals surface area contributed by atoms with Crippen molar-refractivity contribution in [3.63, 3.8) is 0 Å². The Kier molecular flexibility index (Phi) is 8.42. The van der Waals surface area contributed by atoms with Crippen LogP contribution in [-0.2, 0) is 0 Å². The highest BCUT2D eigenvalue weighted by Crippen LogP contribution is 2.34. The van der Waals surface area contributed by atoms with Gasteiger partial charge in [-0.05, 0) is 38.1 Å². The molecule has 0 fully saturated rings. The Hall–Kier alpha value is -1.07. The number of hydrogen-bond acceptors (Lipinski definition) is 4. The van der Waals surface area contributed by atoms with E-state index in [4.69, 9.17) is 27.9 Å². The number of ether oxygens (including phenoxy) is 1. The van der Waals surface area contributed by atoms with Crippen molar-refractivity contribution in [2.45, 2.75) is 45.6 Å². The first kappa shape index (κ1) is 21.2. The number of aromatic nitrogens is 1. The predicted molar refractivity (Wildman–Crippen MR) is 110 cm³/mol. The van der Waals surface area contributed by atoms with Gasteiger partial charge in [0.25, 0.3) is 0 Å². The lowest BCUT2D eigenvalue weighted by molar-refractivity contribution is 0.108. The fourth-order valence-corrected chi connectivity index (χ4v) is 3.51. The third-order valence-corrected chi connectivity index (χ3v) is 4.97. The van der Waals surface area contributed by atoms with Gasteiger partial charge in [-0.1, -0.05) is 49.9 Å². The van der Waals surface area contributed by atoms with E-state index < -0.39 is 6.10 Å². The summed E-state index contributed by atoms with van der Waals surface area (Å²) in [6, 6.07) is 5.21. The largest absolute Gasteiger partial charge is 0.496 e. The maximum atomic E-state index is 10.8. The summed E-state index contributed by atoms with van der Waals surface area (Å²) in [4.78, 5) is 6.90. The standard InChI is InChI=1S/C20H28Cl2N2O2/c1-4-6-8-24(9-7-5-2)13-18(25)17-12-19(26-3)15-10-14(21)11-16(22)20(15)23-17/h10-12,18,25H,4-9,13H2,1-3H3/t18-/m0/s1. The summed E-state index contributed by atoms with van der Waals surface area (Å²) in [6.07, 6.45) is 3.81. The summed E-state index contributed by atoms with van der Waals surface area (Å²) < 4.78 is 5.48. The fourth-order valence-electron chi connectivity index (χ4n) is 2.98. The van der Waals surface area contributed by atoms with Gasteiger partial charge in [0.15, 0.2) is 0 Å². The van der Waals surface area contributed by atoms with Crippen molar-refractivity contribution >= 4 is 34.1 Å². The lowest BCUT2D eigenvalue weighted by Gasteiger charge is -2.25. The molecule has 0 unspecified atom stereocenters. The van der Waals surface area contributed by atoms with Crippen LogP contribution in [-0.4, -0.2) is 41.7 Å². The Balaban J connectivity index is 2.29. The molecule has 2 rings (SSSR count). The predicted octanol–water partition coefficient (Wildman–Crippen LogP) is 5.49. The molecule has 26 heavy (non-hydrogen) atoms. The first-order valence-corrected chi connectivity index (χ1v) is 9.99. The number of rotatable bonds is 10. The van der Waals surface area contributed by atoms with E-state index in [1.54, 1.807) is 25.3 Å². The van der Waals surface area contributed by atoms with Gasteiger partial charge in [-0.3, -0.25) is 0 Å². The highest BCUT2D eigenvalue weighted by molar-refractivity contribution is 6.38. The number of unbranched alkanes of at least 4 members (excludes halogenated alkanes) is 2. The van der Waals surface area contributed by atoms with Gasteiger partial charge in [-0.15, -0.1) is 0 Å². The Morgan fingerprint density at radius 1 is 1.12 bits per heavy atom. The van der Waals surface area contributed by atoms with Crippen LogP contribution in [0.5, 0.6) is 5.75 Å². The molecule has 1 atom stereocenters. The second-order valence-corrected chi connectivity index (χ2v) is 7.40. The second-order valence-electron chi connectivity index (χ2n) is 6.56. The van der Waals surface area contributed by atoms with E-state index in [-0.39, 0.29) is 0 Å². The maximum absolute atomic E-state index is 10.8. The van der Waals surface area contributed by atoms with Gasteiger partial charge >= 0.3 is 0 Å². The van der Waals surface area contributed by atoms with Crippen LogP contribution >= 0.6 is 23.2 Å². The van der Waals surface area contributed by atoms with Crippen molar-refractivity contribution < 1.29 is 9.84 Å². The van der Waals surface area contributed by atoms with Crippen molar-refractivity contribution in [3.8, 4) is 5.75 Å². The first-order valence-electron chi connectivity index (χ1n) is 9.24. The van der Waals surface area contributed by atoms with Crippen LogP contribution in [0.2, 0.25) is 10.0 Å². The van der Waals surface area contributed by atoms with Crippen LogP contribution in [0.4, 0.5) is 0 Å². The molecule has 0 aliphatic carbocycles. The molecule has 1 aromatic carbocycles. The minimum absolute atomic E-state index is 0.452. The van der Waals surface area contributed by atoms with Gasteiger partial charge in [0.1, 0.15) is 11.9 Å². The number of aliphatic hydroxyl groups excluding tert-OH is 1. The molecular formula is C20H28Cl2N2O2. The summed E-state index contributed by atoms with van der Waals surface area (Å²) in [7, 11) is 1.59. The molecule has 6 heteroatoms. The number of hydrogen-bond donors (Lipinski definition) is 1. The number of halogens is 2. The van der Waals surface area contributed by atoms with Gasteiger partial charge in [0.2, 0.25) is 0 Å². The molecule has 0 radical (unpaired) electrons. The van der Waals surface area contributed by atoms with Crippen LogP contribution in [0.3, 0.4) is 0 Å². The number of benzene rings is 1. The molecule has 2 aromatic rings. The molecule has 0 bridgehead atoms. The van der Waals surface area contributed by atoms with Crippen molar-refractivity contribution in [2.24, 2.45) is 0 Å². The summed E-state index contributed by atoms with van der Waals surface area (Å²) in [5.41, 5.74) is 1.16. The molecule has 0 amide bonds. The highest BCUT2D eigenvalue weighted by Gasteiger charge is 2.18. The highest BCUT2D eigenvalue weighted by atomic mass is 35.5. The molecule has 0 spiro atoms. The number of methoxy groups -OCH3 is 1. The number of fused-ring (bicyclic) bond motifs is 1. The number of pyridine rings is 1. The minimum atomic E-state index is -0.700. The summed E-state index contributed by atoms with van der Waals surface area (Å²) >= 11 is 12.4. The first-order chi connectivity index (χ1) is 12.5. The van der Waals surface area contributed by atoms with Gasteiger partial charge in [0, 0.05) is 23.0 Å². The lowest BCUT2D eigenvalue weighted by atomic mass is 10.1. The maximum Gasteiger partial charge on any atom is 0.130 e. The second kappa shape index (κ2) is 10.3. The normalized spacial score (nSPS) is 12.7. The van der Waals surface area contributed by atoms with Crippen molar-refractivity contribution in [1.29, 1.82) is 0 Å². The van der Waals surface area contributed by atoms with E-state index in [1.807, 2.05) is 0 Å². The Bertz CT molecular complexity index is 717. The molecule has 1 heterocycles. The zero-order valence-electron chi connectivity index (χ0n) is 15.8. The minimum Gasteiger partial charge on any atom is -0.496 e.